The maximum atomic E-state index is 5.25. The highest BCUT2D eigenvalue weighted by molar-refractivity contribution is 6.03. The van der Waals surface area contributed by atoms with E-state index in [2.05, 4.69) is 9.97 Å². The van der Waals surface area contributed by atoms with Crippen LogP contribution in [0.4, 0.5) is 0 Å². The zero-order chi connectivity index (χ0) is 8.67. The minimum Gasteiger partial charge on any atom is -0.445 e. The molecule has 3 rings (SSSR count). The maximum absolute atomic E-state index is 5.25. The van der Waals surface area contributed by atoms with Gasteiger partial charge in [0.25, 0.3) is 0 Å². The van der Waals surface area contributed by atoms with Crippen molar-refractivity contribution in [2.24, 2.45) is 0 Å². The van der Waals surface area contributed by atoms with Crippen LogP contribution in [-0.2, 0) is 0 Å². The minimum absolute atomic E-state index is 0.843. The third-order valence-corrected chi connectivity index (χ3v) is 2.12. The molecule has 62 valence electrons. The first-order valence-electron chi connectivity index (χ1n) is 4.01. The summed E-state index contributed by atoms with van der Waals surface area (Å²) < 4.78 is 5.25. The standard InChI is InChI=1S/C10H6N2O/c1-2-10-8(5-11-6-13-10)7-3-4-12-9(1)7/h1-6H. The van der Waals surface area contributed by atoms with E-state index in [0.717, 1.165) is 21.9 Å². The van der Waals surface area contributed by atoms with Crippen molar-refractivity contribution in [1.82, 2.24) is 9.97 Å². The highest BCUT2D eigenvalue weighted by Crippen LogP contribution is 2.22. The summed E-state index contributed by atoms with van der Waals surface area (Å²) in [5, 5.41) is 2.10. The Morgan fingerprint density at radius 3 is 3.08 bits per heavy atom. The lowest BCUT2D eigenvalue weighted by molar-refractivity contribution is 0.580. The normalized spacial score (nSPS) is 11.1. The van der Waals surface area contributed by atoms with Crippen LogP contribution in [0.1, 0.15) is 0 Å². The fraction of sp³-hybridized carbons (Fsp3) is 0. The number of rotatable bonds is 0. The van der Waals surface area contributed by atoms with Gasteiger partial charge in [0.05, 0.1) is 5.52 Å². The van der Waals surface area contributed by atoms with E-state index in [1.54, 1.807) is 12.4 Å². The minimum atomic E-state index is 0.843. The molecule has 0 bridgehead atoms. The lowest BCUT2D eigenvalue weighted by Gasteiger charge is -1.95. The molecule has 0 atom stereocenters. The fourth-order valence-electron chi connectivity index (χ4n) is 1.51. The van der Waals surface area contributed by atoms with Crippen LogP contribution < -0.4 is 0 Å². The molecule has 2 aromatic heterocycles. The summed E-state index contributed by atoms with van der Waals surface area (Å²) in [5.74, 6) is 0. The molecule has 0 unspecified atom stereocenters. The molecule has 0 spiro atoms. The maximum Gasteiger partial charge on any atom is 0.181 e. The topological polar surface area (TPSA) is 38.9 Å². The van der Waals surface area contributed by atoms with Crippen molar-refractivity contribution in [3.05, 3.63) is 37.0 Å². The number of fused-ring (bicyclic) bond motifs is 3. The Morgan fingerprint density at radius 1 is 1.08 bits per heavy atom. The smallest absolute Gasteiger partial charge is 0.181 e. The quantitative estimate of drug-likeness (QED) is 0.520. The van der Waals surface area contributed by atoms with Crippen molar-refractivity contribution < 1.29 is 4.42 Å². The SMILES string of the molecule is c1cc2c(ccc3ocncc32)n1. The molecule has 0 radical (unpaired) electrons. The lowest BCUT2D eigenvalue weighted by atomic mass is 10.2. The largest absolute Gasteiger partial charge is 0.445 e. The van der Waals surface area contributed by atoms with Crippen molar-refractivity contribution in [1.29, 1.82) is 0 Å². The second kappa shape index (κ2) is 2.29. The van der Waals surface area contributed by atoms with Gasteiger partial charge in [0.2, 0.25) is 0 Å². The third kappa shape index (κ3) is 0.839. The Hall–Kier alpha value is -1.90. The van der Waals surface area contributed by atoms with Gasteiger partial charge in [-0.25, -0.2) is 4.98 Å². The lowest BCUT2D eigenvalue weighted by Crippen LogP contribution is -1.75. The molecular weight excluding hydrogens is 164 g/mol. The summed E-state index contributed by atoms with van der Waals surface area (Å²) in [6, 6.07) is 5.82. The fourth-order valence-corrected chi connectivity index (χ4v) is 1.51. The van der Waals surface area contributed by atoms with Crippen molar-refractivity contribution in [3.8, 4) is 0 Å². The third-order valence-electron chi connectivity index (χ3n) is 2.12. The van der Waals surface area contributed by atoms with Gasteiger partial charge >= 0.3 is 0 Å². The first kappa shape index (κ1) is 6.60. The molecule has 3 aromatic rings. The van der Waals surface area contributed by atoms with Gasteiger partial charge in [-0.3, -0.25) is 4.98 Å². The van der Waals surface area contributed by atoms with Crippen molar-refractivity contribution in [3.63, 3.8) is 0 Å². The van der Waals surface area contributed by atoms with E-state index in [9.17, 15) is 0 Å². The van der Waals surface area contributed by atoms with Gasteiger partial charge in [-0.05, 0) is 18.2 Å². The van der Waals surface area contributed by atoms with Crippen LogP contribution in [-0.4, -0.2) is 9.97 Å². The summed E-state index contributed by atoms with van der Waals surface area (Å²) in [4.78, 5) is 8.15. The number of nitrogens with zero attached hydrogens (tertiary/aromatic N) is 2. The average molecular weight is 170 g/mol. The van der Waals surface area contributed by atoms with E-state index in [0.29, 0.717) is 0 Å². The van der Waals surface area contributed by atoms with E-state index in [-0.39, 0.29) is 0 Å². The molecule has 0 N–H and O–H groups in total. The number of hydrogen-bond acceptors (Lipinski definition) is 3. The molecular formula is C10H6N2O. The van der Waals surface area contributed by atoms with Crippen molar-refractivity contribution >= 4 is 21.9 Å². The van der Waals surface area contributed by atoms with Gasteiger partial charge < -0.3 is 4.42 Å². The highest BCUT2D eigenvalue weighted by Gasteiger charge is 2.01. The van der Waals surface area contributed by atoms with Gasteiger partial charge in [-0.15, -0.1) is 0 Å². The van der Waals surface area contributed by atoms with Crippen molar-refractivity contribution in [2.45, 2.75) is 0 Å². The zero-order valence-electron chi connectivity index (χ0n) is 6.77. The molecule has 3 heteroatoms. The predicted octanol–water partition coefficient (Wildman–Crippen LogP) is 2.38. The monoisotopic (exact) mass is 170 g/mol. The van der Waals surface area contributed by atoms with Crippen LogP contribution in [0.5, 0.6) is 0 Å². The highest BCUT2D eigenvalue weighted by atomic mass is 16.3. The Morgan fingerprint density at radius 2 is 2.08 bits per heavy atom. The van der Waals surface area contributed by atoms with Crippen LogP contribution in [0.3, 0.4) is 0 Å². The molecule has 13 heavy (non-hydrogen) atoms. The van der Waals surface area contributed by atoms with Gasteiger partial charge in [0.15, 0.2) is 6.39 Å². The molecule has 0 saturated carbocycles. The van der Waals surface area contributed by atoms with Crippen molar-refractivity contribution in [2.75, 3.05) is 0 Å². The summed E-state index contributed by atoms with van der Waals surface area (Å²) in [5.41, 5.74) is 1.83. The molecule has 1 aromatic carbocycles. The summed E-state index contributed by atoms with van der Waals surface area (Å²) in [6.07, 6.45) is 5.02. The van der Waals surface area contributed by atoms with Crippen LogP contribution in [0.25, 0.3) is 21.9 Å². The van der Waals surface area contributed by atoms with E-state index >= 15 is 0 Å². The predicted molar refractivity (Wildman–Crippen MR) is 49.3 cm³/mol. The molecule has 0 amide bonds. The second-order valence-corrected chi connectivity index (χ2v) is 2.86. The molecule has 0 saturated heterocycles. The van der Waals surface area contributed by atoms with Crippen LogP contribution >= 0.6 is 0 Å². The first-order valence-corrected chi connectivity index (χ1v) is 4.01. The molecule has 0 aliphatic rings. The second-order valence-electron chi connectivity index (χ2n) is 2.86. The Bertz CT molecular complexity index is 571. The summed E-state index contributed by atoms with van der Waals surface area (Å²) >= 11 is 0. The Labute approximate surface area is 74.0 Å². The van der Waals surface area contributed by atoms with Gasteiger partial charge in [-0.2, -0.15) is 0 Å². The molecule has 0 fully saturated rings. The number of hydrogen-bond donors (Lipinski definition) is 0. The van der Waals surface area contributed by atoms with E-state index < -0.39 is 0 Å². The summed E-state index contributed by atoms with van der Waals surface area (Å²) in [6.45, 7) is 0. The van der Waals surface area contributed by atoms with E-state index in [4.69, 9.17) is 4.42 Å². The van der Waals surface area contributed by atoms with Crippen LogP contribution in [0.15, 0.2) is 41.4 Å². The number of benzene rings is 1. The number of aromatic nitrogens is 2. The summed E-state index contributed by atoms with van der Waals surface area (Å²) in [7, 11) is 0. The Balaban J connectivity index is 2.65. The molecule has 2 heterocycles. The van der Waals surface area contributed by atoms with Gasteiger partial charge in [0, 0.05) is 23.2 Å². The Kier molecular flexibility index (Phi) is 1.16. The van der Waals surface area contributed by atoms with Gasteiger partial charge in [-0.1, -0.05) is 0 Å². The van der Waals surface area contributed by atoms with Gasteiger partial charge in [0.1, 0.15) is 5.58 Å². The molecule has 3 nitrogen and oxygen atoms in total. The van der Waals surface area contributed by atoms with Crippen LogP contribution in [0, 0.1) is 0 Å². The van der Waals surface area contributed by atoms with E-state index in [1.165, 1.54) is 6.39 Å². The first-order chi connectivity index (χ1) is 6.45. The van der Waals surface area contributed by atoms with Crippen LogP contribution in [0.2, 0.25) is 0 Å². The molecule has 0 aliphatic carbocycles. The molecule has 0 aliphatic heterocycles. The average Bonchev–Trinajstić information content (AvgIpc) is 2.65. The van der Waals surface area contributed by atoms with E-state index in [1.807, 2.05) is 18.2 Å². The zero-order valence-corrected chi connectivity index (χ0v) is 6.77.